The first-order chi connectivity index (χ1) is 7.88. The van der Waals surface area contributed by atoms with Crippen LogP contribution < -0.4 is 10.5 Å². The van der Waals surface area contributed by atoms with Crippen LogP contribution in [-0.2, 0) is 10.0 Å². The summed E-state index contributed by atoms with van der Waals surface area (Å²) in [5, 5.41) is 8.73. The Morgan fingerprint density at radius 2 is 1.82 bits per heavy atom. The van der Waals surface area contributed by atoms with Gasteiger partial charge in [0, 0.05) is 13.2 Å². The Hall–Kier alpha value is -0.530. The summed E-state index contributed by atoms with van der Waals surface area (Å²) in [6, 6.07) is 2.45. The lowest BCUT2D eigenvalue weighted by Gasteiger charge is -2.08. The number of hydrogen-bond acceptors (Lipinski definition) is 4. The molecule has 0 amide bonds. The van der Waals surface area contributed by atoms with Crippen molar-refractivity contribution < 1.29 is 13.5 Å². The highest BCUT2D eigenvalue weighted by molar-refractivity contribution is 7.89. The van der Waals surface area contributed by atoms with Crippen LogP contribution in [0.3, 0.4) is 0 Å². The monoisotopic (exact) mass is 298 g/mol. The Balaban J connectivity index is 2.99. The minimum atomic E-state index is -3.68. The highest BCUT2D eigenvalue weighted by Gasteiger charge is 2.16. The Morgan fingerprint density at radius 1 is 1.29 bits per heavy atom. The predicted molar refractivity (Wildman–Crippen MR) is 67.8 cm³/mol. The lowest BCUT2D eigenvalue weighted by molar-refractivity contribution is 0.289. The molecule has 8 heteroatoms. The SMILES string of the molecule is Nc1c(Cl)cc(S(=O)(=O)NCCCO)cc1Cl. The van der Waals surface area contributed by atoms with Gasteiger partial charge in [0.1, 0.15) is 0 Å². The molecular weight excluding hydrogens is 287 g/mol. The van der Waals surface area contributed by atoms with E-state index in [-0.39, 0.29) is 33.8 Å². The molecule has 0 aromatic heterocycles. The third kappa shape index (κ3) is 3.72. The topological polar surface area (TPSA) is 92.4 Å². The maximum Gasteiger partial charge on any atom is 0.240 e. The molecule has 0 atom stereocenters. The Morgan fingerprint density at radius 3 is 2.29 bits per heavy atom. The number of sulfonamides is 1. The molecule has 5 nitrogen and oxygen atoms in total. The van der Waals surface area contributed by atoms with E-state index in [1.807, 2.05) is 0 Å². The zero-order valence-corrected chi connectivity index (χ0v) is 11.1. The van der Waals surface area contributed by atoms with Crippen LogP contribution >= 0.6 is 23.2 Å². The lowest BCUT2D eigenvalue weighted by Crippen LogP contribution is -2.25. The van der Waals surface area contributed by atoms with E-state index in [0.29, 0.717) is 6.42 Å². The van der Waals surface area contributed by atoms with E-state index in [1.165, 1.54) is 12.1 Å². The quantitative estimate of drug-likeness (QED) is 0.563. The second-order valence-electron chi connectivity index (χ2n) is 3.28. The van der Waals surface area contributed by atoms with E-state index in [9.17, 15) is 8.42 Å². The number of benzene rings is 1. The summed E-state index contributed by atoms with van der Waals surface area (Å²) in [7, 11) is -3.68. The molecule has 17 heavy (non-hydrogen) atoms. The van der Waals surface area contributed by atoms with Gasteiger partial charge in [-0.3, -0.25) is 0 Å². The molecule has 0 aliphatic heterocycles. The van der Waals surface area contributed by atoms with Crippen molar-refractivity contribution in [1.82, 2.24) is 4.72 Å². The minimum Gasteiger partial charge on any atom is -0.396 e. The highest BCUT2D eigenvalue weighted by atomic mass is 35.5. The van der Waals surface area contributed by atoms with E-state index in [0.717, 1.165) is 0 Å². The fourth-order valence-corrected chi connectivity index (χ4v) is 2.83. The normalized spacial score (nSPS) is 11.7. The van der Waals surface area contributed by atoms with Gasteiger partial charge in [-0.1, -0.05) is 23.2 Å². The van der Waals surface area contributed by atoms with Crippen molar-refractivity contribution in [2.75, 3.05) is 18.9 Å². The summed E-state index contributed by atoms with van der Waals surface area (Å²) >= 11 is 11.5. The zero-order chi connectivity index (χ0) is 13.1. The Kier molecular flexibility index (Phi) is 5.03. The molecule has 0 aliphatic rings. The van der Waals surface area contributed by atoms with Crippen LogP contribution in [0.4, 0.5) is 5.69 Å². The number of aliphatic hydroxyl groups is 1. The van der Waals surface area contributed by atoms with E-state index < -0.39 is 10.0 Å². The van der Waals surface area contributed by atoms with Crippen molar-refractivity contribution in [3.63, 3.8) is 0 Å². The Labute approximate surface area is 110 Å². The van der Waals surface area contributed by atoms with Gasteiger partial charge in [0.2, 0.25) is 10.0 Å². The van der Waals surface area contributed by atoms with Crippen molar-refractivity contribution >= 4 is 38.9 Å². The molecule has 1 aromatic carbocycles. The lowest BCUT2D eigenvalue weighted by atomic mass is 10.3. The van der Waals surface area contributed by atoms with E-state index in [2.05, 4.69) is 4.72 Å². The van der Waals surface area contributed by atoms with Crippen molar-refractivity contribution in [3.05, 3.63) is 22.2 Å². The summed E-state index contributed by atoms with van der Waals surface area (Å²) < 4.78 is 25.8. The summed E-state index contributed by atoms with van der Waals surface area (Å²) in [4.78, 5) is -0.0559. The first-order valence-electron chi connectivity index (χ1n) is 4.73. The van der Waals surface area contributed by atoms with Crippen molar-refractivity contribution in [1.29, 1.82) is 0 Å². The van der Waals surface area contributed by atoms with Crippen LogP contribution in [0.2, 0.25) is 10.0 Å². The van der Waals surface area contributed by atoms with Crippen LogP contribution in [-0.4, -0.2) is 26.7 Å². The summed E-state index contributed by atoms with van der Waals surface area (Å²) in [5.74, 6) is 0. The molecule has 0 spiro atoms. The van der Waals surface area contributed by atoms with Crippen molar-refractivity contribution in [3.8, 4) is 0 Å². The molecule has 1 aromatic rings. The first-order valence-corrected chi connectivity index (χ1v) is 6.97. The molecule has 0 bridgehead atoms. The standard InChI is InChI=1S/C9H12Cl2N2O3S/c10-7-4-6(5-8(11)9(7)12)17(15,16)13-2-1-3-14/h4-5,13-14H,1-3,12H2. The predicted octanol–water partition coefficient (Wildman–Crippen LogP) is 1.24. The maximum atomic E-state index is 11.8. The molecule has 0 heterocycles. The number of nitrogens with two attached hydrogens (primary N) is 1. The van der Waals surface area contributed by atoms with E-state index >= 15 is 0 Å². The number of halogens is 2. The third-order valence-electron chi connectivity index (χ3n) is 1.99. The van der Waals surface area contributed by atoms with Crippen LogP contribution in [0, 0.1) is 0 Å². The van der Waals surface area contributed by atoms with Crippen molar-refractivity contribution in [2.24, 2.45) is 0 Å². The van der Waals surface area contributed by atoms with Crippen LogP contribution in [0.1, 0.15) is 6.42 Å². The van der Waals surface area contributed by atoms with Gasteiger partial charge in [-0.2, -0.15) is 0 Å². The fourth-order valence-electron chi connectivity index (χ4n) is 1.09. The van der Waals surface area contributed by atoms with E-state index in [1.54, 1.807) is 0 Å². The number of aliphatic hydroxyl groups excluding tert-OH is 1. The number of rotatable bonds is 5. The molecule has 0 fully saturated rings. The molecule has 0 aliphatic carbocycles. The second-order valence-corrected chi connectivity index (χ2v) is 5.86. The van der Waals surface area contributed by atoms with E-state index in [4.69, 9.17) is 34.0 Å². The van der Waals surface area contributed by atoms with Gasteiger partial charge in [-0.15, -0.1) is 0 Å². The maximum absolute atomic E-state index is 11.8. The average Bonchev–Trinajstić information content (AvgIpc) is 2.25. The zero-order valence-electron chi connectivity index (χ0n) is 8.78. The summed E-state index contributed by atoms with van der Waals surface area (Å²) in [6.07, 6.45) is 0.329. The smallest absolute Gasteiger partial charge is 0.240 e. The van der Waals surface area contributed by atoms with Crippen LogP contribution in [0.15, 0.2) is 17.0 Å². The number of nitrogens with one attached hydrogen (secondary N) is 1. The van der Waals surface area contributed by atoms with Gasteiger partial charge in [-0.05, 0) is 18.6 Å². The molecule has 0 saturated heterocycles. The molecule has 0 unspecified atom stereocenters. The third-order valence-corrected chi connectivity index (χ3v) is 4.06. The molecule has 96 valence electrons. The summed E-state index contributed by atoms with van der Waals surface area (Å²) in [5.41, 5.74) is 5.64. The van der Waals surface area contributed by atoms with Gasteiger partial charge in [0.25, 0.3) is 0 Å². The molecule has 1 rings (SSSR count). The second kappa shape index (κ2) is 5.88. The highest BCUT2D eigenvalue weighted by Crippen LogP contribution is 2.30. The van der Waals surface area contributed by atoms with Crippen molar-refractivity contribution in [2.45, 2.75) is 11.3 Å². The van der Waals surface area contributed by atoms with Gasteiger partial charge in [0.05, 0.1) is 20.6 Å². The van der Waals surface area contributed by atoms with Gasteiger partial charge < -0.3 is 10.8 Å². The van der Waals surface area contributed by atoms with Gasteiger partial charge in [-0.25, -0.2) is 13.1 Å². The fraction of sp³-hybridized carbons (Fsp3) is 0.333. The number of anilines is 1. The average molecular weight is 299 g/mol. The minimum absolute atomic E-state index is 0.0559. The Bertz CT molecular complexity index is 482. The first kappa shape index (κ1) is 14.5. The molecular formula is C9H12Cl2N2O3S. The summed E-state index contributed by atoms with van der Waals surface area (Å²) in [6.45, 7) is 0.0459. The van der Waals surface area contributed by atoms with Gasteiger partial charge >= 0.3 is 0 Å². The molecule has 4 N–H and O–H groups in total. The molecule has 0 radical (unpaired) electrons. The van der Waals surface area contributed by atoms with Crippen LogP contribution in [0.25, 0.3) is 0 Å². The molecule has 0 saturated carbocycles. The van der Waals surface area contributed by atoms with Crippen LogP contribution in [0.5, 0.6) is 0 Å². The number of hydrogen-bond donors (Lipinski definition) is 3. The number of nitrogen functional groups attached to an aromatic ring is 1. The van der Waals surface area contributed by atoms with Gasteiger partial charge in [0.15, 0.2) is 0 Å². The largest absolute Gasteiger partial charge is 0.396 e.